The zero-order valence-corrected chi connectivity index (χ0v) is 17.7. The first-order chi connectivity index (χ1) is 15.0. The van der Waals surface area contributed by atoms with Gasteiger partial charge in [-0.05, 0) is 50.1 Å². The first-order valence-electron chi connectivity index (χ1n) is 10.5. The molecule has 7 heteroatoms. The molecule has 0 radical (unpaired) electrons. The molecule has 3 aromatic rings. The average Bonchev–Trinajstić information content (AvgIpc) is 3.39. The van der Waals surface area contributed by atoms with Gasteiger partial charge < -0.3 is 10.6 Å². The Morgan fingerprint density at radius 3 is 2.39 bits per heavy atom. The van der Waals surface area contributed by atoms with Gasteiger partial charge in [-0.3, -0.25) is 19.1 Å². The smallest absolute Gasteiger partial charge is 0.295 e. The summed E-state index contributed by atoms with van der Waals surface area (Å²) in [6.45, 7) is 1.79. The molecule has 0 spiro atoms. The molecule has 160 valence electrons. The van der Waals surface area contributed by atoms with Crippen LogP contribution in [0.5, 0.6) is 0 Å². The lowest BCUT2D eigenvalue weighted by molar-refractivity contribution is -0.119. The standard InChI is InChI=1S/C24H26N4O3/c1-16-21(24(31)28(27(16)2)20-13-4-3-5-14-20)26-23(30)18-11-8-12-19(15-18)25-22(29)17-9-6-7-10-17/h3-5,8,11-15,17H,6-7,9-10H2,1-2H3,(H,25,29)(H,26,30). The summed E-state index contributed by atoms with van der Waals surface area (Å²) < 4.78 is 3.23. The molecular weight excluding hydrogens is 392 g/mol. The highest BCUT2D eigenvalue weighted by molar-refractivity contribution is 6.05. The van der Waals surface area contributed by atoms with Crippen LogP contribution >= 0.6 is 0 Å². The molecule has 0 bridgehead atoms. The predicted octanol–water partition coefficient (Wildman–Crippen LogP) is 3.87. The maximum absolute atomic E-state index is 13.0. The maximum atomic E-state index is 13.0. The predicted molar refractivity (Wildman–Crippen MR) is 121 cm³/mol. The van der Waals surface area contributed by atoms with Crippen LogP contribution in [-0.4, -0.2) is 21.2 Å². The number of amides is 2. The number of carbonyl (C=O) groups is 2. The topological polar surface area (TPSA) is 85.1 Å². The molecule has 0 saturated heterocycles. The first kappa shape index (κ1) is 20.7. The second kappa shape index (κ2) is 8.63. The minimum absolute atomic E-state index is 0.000269. The lowest BCUT2D eigenvalue weighted by Gasteiger charge is -2.11. The SMILES string of the molecule is Cc1c(NC(=O)c2cccc(NC(=O)C3CCCC3)c2)c(=O)n(-c2ccccc2)n1C. The summed E-state index contributed by atoms with van der Waals surface area (Å²) >= 11 is 0. The lowest BCUT2D eigenvalue weighted by Crippen LogP contribution is -2.23. The largest absolute Gasteiger partial charge is 0.326 e. The third-order valence-corrected chi connectivity index (χ3v) is 5.91. The summed E-state index contributed by atoms with van der Waals surface area (Å²) in [7, 11) is 1.78. The summed E-state index contributed by atoms with van der Waals surface area (Å²) in [5.41, 5.74) is 2.25. The molecule has 31 heavy (non-hydrogen) atoms. The molecule has 1 aliphatic carbocycles. The quantitative estimate of drug-likeness (QED) is 0.660. The van der Waals surface area contributed by atoms with Crippen LogP contribution in [0.2, 0.25) is 0 Å². The van der Waals surface area contributed by atoms with Crippen LogP contribution in [0.3, 0.4) is 0 Å². The van der Waals surface area contributed by atoms with Crippen LogP contribution in [-0.2, 0) is 11.8 Å². The maximum Gasteiger partial charge on any atom is 0.295 e. The fourth-order valence-corrected chi connectivity index (χ4v) is 4.07. The summed E-state index contributed by atoms with van der Waals surface area (Å²) in [6.07, 6.45) is 3.98. The number of nitrogens with one attached hydrogen (secondary N) is 2. The number of benzene rings is 2. The summed E-state index contributed by atoms with van der Waals surface area (Å²) in [4.78, 5) is 38.3. The van der Waals surface area contributed by atoms with Crippen LogP contribution in [0, 0.1) is 12.8 Å². The van der Waals surface area contributed by atoms with Crippen LogP contribution in [0.25, 0.3) is 5.69 Å². The summed E-state index contributed by atoms with van der Waals surface area (Å²) in [5, 5.41) is 5.67. The Morgan fingerprint density at radius 1 is 0.968 bits per heavy atom. The average molecular weight is 418 g/mol. The van der Waals surface area contributed by atoms with Crippen molar-refractivity contribution in [2.45, 2.75) is 32.6 Å². The minimum atomic E-state index is -0.400. The van der Waals surface area contributed by atoms with E-state index in [0.717, 1.165) is 31.4 Å². The van der Waals surface area contributed by atoms with E-state index < -0.39 is 5.91 Å². The summed E-state index contributed by atoms with van der Waals surface area (Å²) in [5.74, 6) is -0.358. The lowest BCUT2D eigenvalue weighted by atomic mass is 10.1. The van der Waals surface area contributed by atoms with Gasteiger partial charge in [0.15, 0.2) is 0 Å². The highest BCUT2D eigenvalue weighted by atomic mass is 16.2. The molecule has 4 rings (SSSR count). The van der Waals surface area contributed by atoms with Gasteiger partial charge in [0.2, 0.25) is 5.91 Å². The van der Waals surface area contributed by atoms with Crippen molar-refractivity contribution >= 4 is 23.2 Å². The van der Waals surface area contributed by atoms with Crippen LogP contribution in [0.15, 0.2) is 59.4 Å². The molecule has 1 saturated carbocycles. The van der Waals surface area contributed by atoms with E-state index in [2.05, 4.69) is 10.6 Å². The van der Waals surface area contributed by atoms with Crippen molar-refractivity contribution in [3.63, 3.8) is 0 Å². The third kappa shape index (κ3) is 4.17. The number of para-hydroxylation sites is 1. The van der Waals surface area contributed by atoms with E-state index in [9.17, 15) is 14.4 Å². The van der Waals surface area contributed by atoms with Gasteiger partial charge in [0.25, 0.3) is 11.5 Å². The van der Waals surface area contributed by atoms with E-state index in [1.54, 1.807) is 42.9 Å². The Morgan fingerprint density at radius 2 is 1.68 bits per heavy atom. The molecule has 0 aliphatic heterocycles. The van der Waals surface area contributed by atoms with Crippen LogP contribution < -0.4 is 16.2 Å². The van der Waals surface area contributed by atoms with Gasteiger partial charge in [0, 0.05) is 24.2 Å². The van der Waals surface area contributed by atoms with Crippen LogP contribution in [0.1, 0.15) is 41.7 Å². The van der Waals surface area contributed by atoms with E-state index in [1.807, 2.05) is 30.3 Å². The van der Waals surface area contributed by atoms with Gasteiger partial charge in [-0.1, -0.05) is 37.1 Å². The Kier molecular flexibility index (Phi) is 5.75. The number of hydrogen-bond donors (Lipinski definition) is 2. The number of anilines is 2. The highest BCUT2D eigenvalue weighted by Crippen LogP contribution is 2.26. The van der Waals surface area contributed by atoms with E-state index >= 15 is 0 Å². The zero-order valence-electron chi connectivity index (χ0n) is 17.7. The molecule has 1 aliphatic rings. The number of nitrogens with zero attached hydrogens (tertiary/aromatic N) is 2. The van der Waals surface area contributed by atoms with E-state index in [0.29, 0.717) is 16.9 Å². The fourth-order valence-electron chi connectivity index (χ4n) is 4.07. The van der Waals surface area contributed by atoms with Crippen molar-refractivity contribution in [1.29, 1.82) is 0 Å². The van der Waals surface area contributed by atoms with E-state index in [4.69, 9.17) is 0 Å². The molecule has 2 amide bonds. The molecule has 7 nitrogen and oxygen atoms in total. The van der Waals surface area contributed by atoms with Gasteiger partial charge in [0.05, 0.1) is 11.4 Å². The molecule has 0 unspecified atom stereocenters. The Bertz CT molecular complexity index is 1170. The van der Waals surface area contributed by atoms with Crippen molar-refractivity contribution in [2.24, 2.45) is 13.0 Å². The molecule has 1 aromatic heterocycles. The van der Waals surface area contributed by atoms with Crippen molar-refractivity contribution in [1.82, 2.24) is 9.36 Å². The molecule has 2 N–H and O–H groups in total. The van der Waals surface area contributed by atoms with Crippen molar-refractivity contribution in [2.75, 3.05) is 10.6 Å². The number of hydrogen-bond acceptors (Lipinski definition) is 3. The first-order valence-corrected chi connectivity index (χ1v) is 10.5. The van der Waals surface area contributed by atoms with Gasteiger partial charge >= 0.3 is 0 Å². The van der Waals surface area contributed by atoms with Crippen LogP contribution in [0.4, 0.5) is 11.4 Å². The second-order valence-electron chi connectivity index (χ2n) is 7.94. The third-order valence-electron chi connectivity index (χ3n) is 5.91. The van der Waals surface area contributed by atoms with Crippen molar-refractivity contribution in [3.8, 4) is 5.69 Å². The van der Waals surface area contributed by atoms with Gasteiger partial charge in [-0.2, -0.15) is 0 Å². The fraction of sp³-hybridized carbons (Fsp3) is 0.292. The minimum Gasteiger partial charge on any atom is -0.326 e. The molecule has 1 heterocycles. The summed E-state index contributed by atoms with van der Waals surface area (Å²) in [6, 6.07) is 16.0. The zero-order chi connectivity index (χ0) is 22.0. The Balaban J connectivity index is 1.55. The van der Waals surface area contributed by atoms with Gasteiger partial charge in [0.1, 0.15) is 5.69 Å². The van der Waals surface area contributed by atoms with Crippen molar-refractivity contribution < 1.29 is 9.59 Å². The number of rotatable bonds is 5. The molecular formula is C24H26N4O3. The van der Waals surface area contributed by atoms with E-state index in [-0.39, 0.29) is 23.1 Å². The number of carbonyl (C=O) groups excluding carboxylic acids is 2. The highest BCUT2D eigenvalue weighted by Gasteiger charge is 2.23. The molecule has 1 fully saturated rings. The molecule has 2 aromatic carbocycles. The Hall–Kier alpha value is -3.61. The molecule has 0 atom stereocenters. The number of aromatic nitrogens is 2. The normalized spacial score (nSPS) is 13.9. The monoisotopic (exact) mass is 418 g/mol. The second-order valence-corrected chi connectivity index (χ2v) is 7.94. The Labute approximate surface area is 180 Å². The van der Waals surface area contributed by atoms with Gasteiger partial charge in [-0.25, -0.2) is 4.68 Å². The van der Waals surface area contributed by atoms with Crippen molar-refractivity contribution in [3.05, 3.63) is 76.2 Å². The van der Waals surface area contributed by atoms with Gasteiger partial charge in [-0.15, -0.1) is 0 Å². The van der Waals surface area contributed by atoms with E-state index in [1.165, 1.54) is 4.68 Å².